The number of hydrogen-bond donors (Lipinski definition) is 0. The maximum absolute atomic E-state index is 11.2. The molecule has 0 saturated heterocycles. The summed E-state index contributed by atoms with van der Waals surface area (Å²) < 4.78 is 10.7. The lowest BCUT2D eigenvalue weighted by Gasteiger charge is -2.14. The summed E-state index contributed by atoms with van der Waals surface area (Å²) in [7, 11) is 1.37. The monoisotopic (exact) mass is 406 g/mol. The van der Waals surface area contributed by atoms with Crippen molar-refractivity contribution in [2.45, 2.75) is 13.2 Å². The molecule has 0 unspecified atom stereocenters. The number of esters is 1. The molecule has 3 heteroatoms. The van der Waals surface area contributed by atoms with Crippen molar-refractivity contribution in [2.75, 3.05) is 7.11 Å². The van der Waals surface area contributed by atoms with Crippen molar-refractivity contribution in [1.29, 1.82) is 0 Å². The van der Waals surface area contributed by atoms with Crippen molar-refractivity contribution in [3.05, 3.63) is 102 Å². The fourth-order valence-electron chi connectivity index (χ4n) is 4.16. The fourth-order valence-corrected chi connectivity index (χ4v) is 4.16. The third kappa shape index (κ3) is 3.76. The summed E-state index contributed by atoms with van der Waals surface area (Å²) in [4.78, 5) is 11.2. The van der Waals surface area contributed by atoms with Gasteiger partial charge in [-0.2, -0.15) is 0 Å². The summed E-state index contributed by atoms with van der Waals surface area (Å²) in [6.07, 6.45) is 3.15. The van der Waals surface area contributed by atoms with Crippen LogP contribution in [0.15, 0.2) is 84.9 Å². The minimum Gasteiger partial charge on any atom is -0.466 e. The van der Waals surface area contributed by atoms with Crippen LogP contribution >= 0.6 is 0 Å². The van der Waals surface area contributed by atoms with Gasteiger partial charge in [0.2, 0.25) is 0 Å². The van der Waals surface area contributed by atoms with E-state index in [1.165, 1.54) is 51.1 Å². The first-order valence-corrected chi connectivity index (χ1v) is 10.3. The van der Waals surface area contributed by atoms with Gasteiger partial charge in [0.15, 0.2) is 0 Å². The van der Waals surface area contributed by atoms with Crippen LogP contribution < -0.4 is 0 Å². The fraction of sp³-hybridized carbons (Fsp3) is 0.107. The van der Waals surface area contributed by atoms with Gasteiger partial charge >= 0.3 is 5.97 Å². The third-order valence-electron chi connectivity index (χ3n) is 5.74. The molecule has 0 saturated carbocycles. The molecular formula is C28H22O3. The number of carbonyl (C=O) groups excluding carboxylic acids is 1. The second-order valence-corrected chi connectivity index (χ2v) is 7.67. The molecule has 0 aliphatic rings. The number of hydrogen-bond acceptors (Lipinski definition) is 3. The second-order valence-electron chi connectivity index (χ2n) is 7.67. The van der Waals surface area contributed by atoms with Gasteiger partial charge in [-0.3, -0.25) is 0 Å². The van der Waals surface area contributed by atoms with Crippen molar-refractivity contribution in [1.82, 2.24) is 0 Å². The maximum atomic E-state index is 11.2. The van der Waals surface area contributed by atoms with E-state index in [0.29, 0.717) is 13.2 Å². The number of benzene rings is 5. The predicted molar refractivity (Wildman–Crippen MR) is 126 cm³/mol. The van der Waals surface area contributed by atoms with Crippen molar-refractivity contribution < 1.29 is 14.3 Å². The van der Waals surface area contributed by atoms with Crippen LogP contribution in [-0.4, -0.2) is 13.1 Å². The summed E-state index contributed by atoms with van der Waals surface area (Å²) in [6, 6.07) is 27.6. The molecule has 0 aromatic heterocycles. The van der Waals surface area contributed by atoms with Gasteiger partial charge in [0.1, 0.15) is 0 Å². The summed E-state index contributed by atoms with van der Waals surface area (Å²) in [6.45, 7) is 1.08. The molecule has 0 heterocycles. The van der Waals surface area contributed by atoms with Gasteiger partial charge in [0.05, 0.1) is 20.3 Å². The van der Waals surface area contributed by atoms with Gasteiger partial charge in [-0.1, -0.05) is 78.9 Å². The predicted octanol–water partition coefficient (Wildman–Crippen LogP) is 6.49. The van der Waals surface area contributed by atoms with E-state index in [9.17, 15) is 4.79 Å². The first-order chi connectivity index (χ1) is 15.2. The van der Waals surface area contributed by atoms with Crippen molar-refractivity contribution in [3.63, 3.8) is 0 Å². The normalized spacial score (nSPS) is 11.8. The molecule has 3 nitrogen and oxygen atoms in total. The smallest absolute Gasteiger partial charge is 0.330 e. The Morgan fingerprint density at radius 1 is 0.774 bits per heavy atom. The lowest BCUT2D eigenvalue weighted by Crippen LogP contribution is -1.96. The van der Waals surface area contributed by atoms with E-state index in [1.807, 2.05) is 24.3 Å². The Bertz CT molecular complexity index is 1380. The van der Waals surface area contributed by atoms with Gasteiger partial charge in [-0.05, 0) is 55.1 Å². The number of rotatable bonds is 6. The SMILES string of the molecule is COC(=O)/C=C/c1ccc(COCc2ccc3ccc4cccc5ccc2c3c45)cc1. The molecule has 5 rings (SSSR count). The lowest BCUT2D eigenvalue weighted by atomic mass is 9.92. The molecule has 0 atom stereocenters. The van der Waals surface area contributed by atoms with Gasteiger partial charge in [0, 0.05) is 6.08 Å². The van der Waals surface area contributed by atoms with E-state index in [4.69, 9.17) is 4.74 Å². The van der Waals surface area contributed by atoms with Gasteiger partial charge in [-0.25, -0.2) is 4.79 Å². The molecule has 5 aromatic carbocycles. The Hall–Kier alpha value is -3.69. The quantitative estimate of drug-likeness (QED) is 0.184. The molecule has 152 valence electrons. The van der Waals surface area contributed by atoms with Gasteiger partial charge in [0.25, 0.3) is 0 Å². The Labute approximate surface area is 180 Å². The highest BCUT2D eigenvalue weighted by Crippen LogP contribution is 2.36. The topological polar surface area (TPSA) is 35.5 Å². The van der Waals surface area contributed by atoms with Crippen LogP contribution in [0.1, 0.15) is 16.7 Å². The van der Waals surface area contributed by atoms with E-state index in [0.717, 1.165) is 11.1 Å². The van der Waals surface area contributed by atoms with Crippen LogP contribution in [0.2, 0.25) is 0 Å². The molecule has 0 fully saturated rings. The van der Waals surface area contributed by atoms with Crippen LogP contribution in [0.25, 0.3) is 38.4 Å². The standard InChI is InChI=1S/C28H22O3/c1-30-26(29)16-9-19-5-7-20(8-6-19)17-31-18-24-13-12-23-11-10-21-3-2-4-22-14-15-25(24)28(23)27(21)22/h2-16H,17-18H2,1H3/b16-9+. The Balaban J connectivity index is 1.34. The zero-order valence-corrected chi connectivity index (χ0v) is 17.3. The summed E-state index contributed by atoms with van der Waals surface area (Å²) >= 11 is 0. The van der Waals surface area contributed by atoms with Gasteiger partial charge < -0.3 is 9.47 Å². The van der Waals surface area contributed by atoms with E-state index in [2.05, 4.69) is 59.3 Å². The second kappa shape index (κ2) is 8.21. The first kappa shape index (κ1) is 19.3. The van der Waals surface area contributed by atoms with Crippen LogP contribution in [-0.2, 0) is 27.5 Å². The molecule has 0 N–H and O–H groups in total. The highest BCUT2D eigenvalue weighted by molar-refractivity contribution is 6.23. The zero-order chi connectivity index (χ0) is 21.2. The van der Waals surface area contributed by atoms with Crippen LogP contribution in [0.4, 0.5) is 0 Å². The van der Waals surface area contributed by atoms with Crippen LogP contribution in [0, 0.1) is 0 Å². The minimum atomic E-state index is -0.360. The molecular weight excluding hydrogens is 384 g/mol. The Morgan fingerprint density at radius 3 is 2.19 bits per heavy atom. The van der Waals surface area contributed by atoms with Crippen LogP contribution in [0.5, 0.6) is 0 Å². The first-order valence-electron chi connectivity index (χ1n) is 10.3. The average Bonchev–Trinajstić information content (AvgIpc) is 2.82. The van der Waals surface area contributed by atoms with E-state index in [1.54, 1.807) is 6.08 Å². The van der Waals surface area contributed by atoms with Crippen molar-refractivity contribution in [2.24, 2.45) is 0 Å². The largest absolute Gasteiger partial charge is 0.466 e. The number of ether oxygens (including phenoxy) is 2. The summed E-state index contributed by atoms with van der Waals surface area (Å²) in [5.74, 6) is -0.360. The summed E-state index contributed by atoms with van der Waals surface area (Å²) in [5, 5.41) is 7.71. The van der Waals surface area contributed by atoms with E-state index in [-0.39, 0.29) is 5.97 Å². The Kier molecular flexibility index (Phi) is 5.11. The zero-order valence-electron chi connectivity index (χ0n) is 17.3. The molecule has 0 spiro atoms. The summed E-state index contributed by atoms with van der Waals surface area (Å²) in [5.41, 5.74) is 3.23. The van der Waals surface area contributed by atoms with Crippen molar-refractivity contribution >= 4 is 44.4 Å². The number of methoxy groups -OCH3 is 1. The average molecular weight is 406 g/mol. The molecule has 0 radical (unpaired) electrons. The Morgan fingerprint density at radius 2 is 1.45 bits per heavy atom. The van der Waals surface area contributed by atoms with Crippen LogP contribution in [0.3, 0.4) is 0 Å². The highest BCUT2D eigenvalue weighted by Gasteiger charge is 2.10. The van der Waals surface area contributed by atoms with Gasteiger partial charge in [-0.15, -0.1) is 0 Å². The molecule has 0 aliphatic carbocycles. The molecule has 0 amide bonds. The molecule has 31 heavy (non-hydrogen) atoms. The van der Waals surface area contributed by atoms with E-state index >= 15 is 0 Å². The third-order valence-corrected chi connectivity index (χ3v) is 5.74. The number of carbonyl (C=O) groups is 1. The highest BCUT2D eigenvalue weighted by atomic mass is 16.5. The molecule has 0 bridgehead atoms. The lowest BCUT2D eigenvalue weighted by molar-refractivity contribution is -0.134. The van der Waals surface area contributed by atoms with Crippen molar-refractivity contribution in [3.8, 4) is 0 Å². The van der Waals surface area contributed by atoms with E-state index < -0.39 is 0 Å². The molecule has 5 aromatic rings. The maximum Gasteiger partial charge on any atom is 0.330 e. The minimum absolute atomic E-state index is 0.360. The molecule has 0 aliphatic heterocycles.